The minimum atomic E-state index is -1.04. The van der Waals surface area contributed by atoms with Crippen LogP contribution in [0.2, 0.25) is 0 Å². The number of halogens is 2. The number of aliphatic imine (C=N–C) groups is 1. The lowest BCUT2D eigenvalue weighted by atomic mass is 10.3. The van der Waals surface area contributed by atoms with E-state index in [4.69, 9.17) is 16.2 Å². The third kappa shape index (κ3) is 2.09. The van der Waals surface area contributed by atoms with Gasteiger partial charge in [-0.25, -0.2) is 13.8 Å². The second-order valence-corrected chi connectivity index (χ2v) is 2.47. The summed E-state index contributed by atoms with van der Waals surface area (Å²) in [4.78, 5) is 3.57. The number of nitrogens with zero attached hydrogens (tertiary/aromatic N) is 1. The van der Waals surface area contributed by atoms with E-state index in [0.717, 1.165) is 12.1 Å². The Bertz CT molecular complexity index is 375. The zero-order valence-corrected chi connectivity index (χ0v) is 7.42. The molecule has 0 aromatic heterocycles. The van der Waals surface area contributed by atoms with Gasteiger partial charge in [-0.1, -0.05) is 0 Å². The van der Waals surface area contributed by atoms with Gasteiger partial charge < -0.3 is 16.2 Å². The summed E-state index contributed by atoms with van der Waals surface area (Å²) in [7, 11) is 1.30. The van der Waals surface area contributed by atoms with Crippen LogP contribution in [0.4, 0.5) is 14.5 Å². The van der Waals surface area contributed by atoms with Crippen LogP contribution >= 0.6 is 0 Å². The summed E-state index contributed by atoms with van der Waals surface area (Å²) in [6.45, 7) is 0. The predicted molar refractivity (Wildman–Crippen MR) is 48.4 cm³/mol. The molecule has 1 aromatic carbocycles. The second kappa shape index (κ2) is 3.91. The molecule has 0 saturated heterocycles. The summed E-state index contributed by atoms with van der Waals surface area (Å²) >= 11 is 0. The first kappa shape index (κ1) is 10.2. The fourth-order valence-electron chi connectivity index (χ4n) is 0.908. The van der Waals surface area contributed by atoms with Gasteiger partial charge in [0, 0.05) is 12.1 Å². The highest BCUT2D eigenvalue weighted by Gasteiger charge is 2.09. The van der Waals surface area contributed by atoms with Gasteiger partial charge in [-0.15, -0.1) is 0 Å². The zero-order valence-electron chi connectivity index (χ0n) is 7.42. The monoisotopic (exact) mass is 201 g/mol. The highest BCUT2D eigenvalue weighted by molar-refractivity contribution is 5.80. The summed E-state index contributed by atoms with van der Waals surface area (Å²) in [6, 6.07) is 1.73. The molecule has 0 fully saturated rings. The summed E-state index contributed by atoms with van der Waals surface area (Å²) in [5.74, 6) is -2.24. The van der Waals surface area contributed by atoms with Crippen LogP contribution in [0.5, 0.6) is 5.75 Å². The summed E-state index contributed by atoms with van der Waals surface area (Å²) in [6.07, 6.45) is 0. The maximum atomic E-state index is 12.8. The van der Waals surface area contributed by atoms with Crippen LogP contribution in [0.1, 0.15) is 0 Å². The Labute approximate surface area is 79.2 Å². The molecule has 0 spiro atoms. The number of hydrogen-bond donors (Lipinski definition) is 2. The maximum absolute atomic E-state index is 12.8. The standard InChI is InChI=1S/C8H9F2N3O/c1-14-7-3-5(10)4(9)2-6(7)13-8(11)12/h2-3H,1H3,(H4,11,12,13). The molecule has 0 unspecified atom stereocenters. The lowest BCUT2D eigenvalue weighted by molar-refractivity contribution is 0.408. The third-order valence-corrected chi connectivity index (χ3v) is 1.47. The van der Waals surface area contributed by atoms with Crippen molar-refractivity contribution in [1.29, 1.82) is 0 Å². The van der Waals surface area contributed by atoms with Crippen molar-refractivity contribution in [2.75, 3.05) is 7.11 Å². The number of benzene rings is 1. The van der Waals surface area contributed by atoms with Gasteiger partial charge in [0.25, 0.3) is 0 Å². The lowest BCUT2D eigenvalue weighted by Gasteiger charge is -2.04. The average molecular weight is 201 g/mol. The van der Waals surface area contributed by atoms with Crippen LogP contribution in [-0.2, 0) is 0 Å². The number of methoxy groups -OCH3 is 1. The Morgan fingerprint density at radius 3 is 2.36 bits per heavy atom. The van der Waals surface area contributed by atoms with Gasteiger partial charge in [0.1, 0.15) is 11.4 Å². The Morgan fingerprint density at radius 1 is 1.29 bits per heavy atom. The van der Waals surface area contributed by atoms with E-state index in [-0.39, 0.29) is 17.4 Å². The fourth-order valence-corrected chi connectivity index (χ4v) is 0.908. The Balaban J connectivity index is 3.27. The molecule has 14 heavy (non-hydrogen) atoms. The number of hydrogen-bond acceptors (Lipinski definition) is 2. The molecule has 6 heteroatoms. The molecule has 76 valence electrons. The molecular formula is C8H9F2N3O. The molecule has 0 heterocycles. The first-order chi connectivity index (χ1) is 6.54. The largest absolute Gasteiger partial charge is 0.494 e. The van der Waals surface area contributed by atoms with Gasteiger partial charge in [-0.3, -0.25) is 0 Å². The lowest BCUT2D eigenvalue weighted by Crippen LogP contribution is -2.22. The van der Waals surface area contributed by atoms with E-state index >= 15 is 0 Å². The number of ether oxygens (including phenoxy) is 1. The normalized spacial score (nSPS) is 9.64. The van der Waals surface area contributed by atoms with Crippen molar-refractivity contribution < 1.29 is 13.5 Å². The number of guanidine groups is 1. The quantitative estimate of drug-likeness (QED) is 0.551. The van der Waals surface area contributed by atoms with Crippen LogP contribution in [0, 0.1) is 11.6 Å². The molecule has 1 aromatic rings. The van der Waals surface area contributed by atoms with E-state index in [9.17, 15) is 8.78 Å². The van der Waals surface area contributed by atoms with Crippen molar-refractivity contribution in [3.63, 3.8) is 0 Å². The Hall–Kier alpha value is -1.85. The van der Waals surface area contributed by atoms with Crippen molar-refractivity contribution in [1.82, 2.24) is 0 Å². The van der Waals surface area contributed by atoms with E-state index < -0.39 is 11.6 Å². The van der Waals surface area contributed by atoms with Crippen molar-refractivity contribution in [3.05, 3.63) is 23.8 Å². The molecule has 0 aliphatic carbocycles. The van der Waals surface area contributed by atoms with Crippen LogP contribution in [-0.4, -0.2) is 13.1 Å². The summed E-state index contributed by atoms with van der Waals surface area (Å²) < 4.78 is 30.2. The first-order valence-electron chi connectivity index (χ1n) is 3.67. The van der Waals surface area contributed by atoms with Crippen LogP contribution < -0.4 is 16.2 Å². The van der Waals surface area contributed by atoms with E-state index in [1.165, 1.54) is 7.11 Å². The van der Waals surface area contributed by atoms with E-state index in [0.29, 0.717) is 0 Å². The maximum Gasteiger partial charge on any atom is 0.191 e. The van der Waals surface area contributed by atoms with E-state index in [1.54, 1.807) is 0 Å². The Kier molecular flexibility index (Phi) is 2.85. The van der Waals surface area contributed by atoms with Crippen LogP contribution in [0.3, 0.4) is 0 Å². The number of rotatable bonds is 2. The molecule has 0 aliphatic heterocycles. The van der Waals surface area contributed by atoms with Crippen molar-refractivity contribution in [3.8, 4) is 5.75 Å². The Morgan fingerprint density at radius 2 is 1.86 bits per heavy atom. The van der Waals surface area contributed by atoms with Crippen LogP contribution in [0.15, 0.2) is 17.1 Å². The van der Waals surface area contributed by atoms with Gasteiger partial charge in [0.15, 0.2) is 17.6 Å². The van der Waals surface area contributed by atoms with E-state index in [2.05, 4.69) is 4.99 Å². The second-order valence-electron chi connectivity index (χ2n) is 2.47. The third-order valence-electron chi connectivity index (χ3n) is 1.47. The van der Waals surface area contributed by atoms with Crippen molar-refractivity contribution >= 4 is 11.6 Å². The topological polar surface area (TPSA) is 73.6 Å². The molecule has 0 amide bonds. The molecule has 0 atom stereocenters. The van der Waals surface area contributed by atoms with Gasteiger partial charge in [0.05, 0.1) is 7.11 Å². The molecule has 0 bridgehead atoms. The average Bonchev–Trinajstić information content (AvgIpc) is 2.10. The van der Waals surface area contributed by atoms with Gasteiger partial charge in [-0.05, 0) is 0 Å². The fraction of sp³-hybridized carbons (Fsp3) is 0.125. The smallest absolute Gasteiger partial charge is 0.191 e. The summed E-state index contributed by atoms with van der Waals surface area (Å²) in [5, 5.41) is 0. The molecular weight excluding hydrogens is 192 g/mol. The van der Waals surface area contributed by atoms with Crippen molar-refractivity contribution in [2.45, 2.75) is 0 Å². The highest BCUT2D eigenvalue weighted by atomic mass is 19.2. The SMILES string of the molecule is COc1cc(F)c(F)cc1N=C(N)N. The molecule has 0 saturated carbocycles. The van der Waals surface area contributed by atoms with Crippen LogP contribution in [0.25, 0.3) is 0 Å². The summed E-state index contributed by atoms with van der Waals surface area (Å²) in [5.41, 5.74) is 10.2. The highest BCUT2D eigenvalue weighted by Crippen LogP contribution is 2.29. The minimum absolute atomic E-state index is 0.0476. The van der Waals surface area contributed by atoms with Gasteiger partial charge in [-0.2, -0.15) is 0 Å². The zero-order chi connectivity index (χ0) is 10.7. The van der Waals surface area contributed by atoms with Crippen molar-refractivity contribution in [2.24, 2.45) is 16.5 Å². The number of nitrogens with two attached hydrogens (primary N) is 2. The first-order valence-corrected chi connectivity index (χ1v) is 3.67. The van der Waals surface area contributed by atoms with Gasteiger partial charge >= 0.3 is 0 Å². The molecule has 4 N–H and O–H groups in total. The molecule has 1 rings (SSSR count). The minimum Gasteiger partial charge on any atom is -0.494 e. The predicted octanol–water partition coefficient (Wildman–Crippen LogP) is 0.878. The molecule has 0 aliphatic rings. The van der Waals surface area contributed by atoms with E-state index in [1.807, 2.05) is 0 Å². The molecule has 0 radical (unpaired) electrons. The van der Waals surface area contributed by atoms with Gasteiger partial charge in [0.2, 0.25) is 0 Å². The molecule has 4 nitrogen and oxygen atoms in total.